The molecular weight excluding hydrogens is 290 g/mol. The largest absolute Gasteiger partial charge is 0.465 e. The maximum Gasteiger partial charge on any atom is 0.404 e. The quantitative estimate of drug-likeness (QED) is 0.770. The zero-order chi connectivity index (χ0) is 16.7. The lowest BCUT2D eigenvalue weighted by Gasteiger charge is -2.37. The highest BCUT2D eigenvalue weighted by molar-refractivity contribution is 5.76. The molecule has 0 aliphatic carbocycles. The second kappa shape index (κ2) is 7.58. The predicted molar refractivity (Wildman–Crippen MR) is 89.5 cm³/mol. The Hall–Kier alpha value is -2.62. The number of carbonyl (C=O) groups is 2. The van der Waals surface area contributed by atoms with E-state index in [1.54, 1.807) is 0 Å². The van der Waals surface area contributed by atoms with Gasteiger partial charge in [-0.05, 0) is 17.0 Å². The van der Waals surface area contributed by atoms with E-state index in [2.05, 4.69) is 5.32 Å². The molecule has 0 bridgehead atoms. The second-order valence-corrected chi connectivity index (χ2v) is 5.51. The molecule has 0 aliphatic rings. The molecule has 0 aliphatic heterocycles. The highest BCUT2D eigenvalue weighted by atomic mass is 16.4. The van der Waals surface area contributed by atoms with Crippen LogP contribution in [-0.2, 0) is 10.2 Å². The molecule has 0 radical (unpaired) electrons. The Labute approximate surface area is 136 Å². The van der Waals surface area contributed by atoms with E-state index in [4.69, 9.17) is 5.11 Å². The standard InChI is InChI=1S/C19H21NO3/c1-2-15(13-20-18(22)23)19(14-21,16-9-5-3-6-10-16)17-11-7-4-8-12-17/h3-12,14-15,20H,2,13H2,1H3,(H,22,23). The number of nitrogens with one attached hydrogen (secondary N) is 1. The molecule has 2 aromatic carbocycles. The summed E-state index contributed by atoms with van der Waals surface area (Å²) in [7, 11) is 0. The van der Waals surface area contributed by atoms with Gasteiger partial charge in [-0.25, -0.2) is 4.79 Å². The summed E-state index contributed by atoms with van der Waals surface area (Å²) in [6, 6.07) is 19.1. The molecule has 0 aromatic heterocycles. The molecule has 0 saturated carbocycles. The highest BCUT2D eigenvalue weighted by Crippen LogP contribution is 2.39. The molecule has 1 atom stereocenters. The SMILES string of the molecule is CCC(CNC(=O)O)C(C=O)(c1ccccc1)c1ccccc1. The van der Waals surface area contributed by atoms with Gasteiger partial charge < -0.3 is 15.2 Å². The summed E-state index contributed by atoms with van der Waals surface area (Å²) >= 11 is 0. The normalized spacial score (nSPS) is 12.4. The summed E-state index contributed by atoms with van der Waals surface area (Å²) < 4.78 is 0. The molecule has 1 unspecified atom stereocenters. The van der Waals surface area contributed by atoms with Crippen LogP contribution in [-0.4, -0.2) is 24.0 Å². The zero-order valence-electron chi connectivity index (χ0n) is 13.1. The number of carboxylic acid groups (broad SMARTS) is 1. The van der Waals surface area contributed by atoms with Crippen LogP contribution in [0.3, 0.4) is 0 Å². The lowest BCUT2D eigenvalue weighted by Crippen LogP contribution is -2.44. The summed E-state index contributed by atoms with van der Waals surface area (Å²) in [5.41, 5.74) is 0.875. The summed E-state index contributed by atoms with van der Waals surface area (Å²) in [6.45, 7) is 2.19. The van der Waals surface area contributed by atoms with Crippen LogP contribution in [0.25, 0.3) is 0 Å². The van der Waals surface area contributed by atoms with Gasteiger partial charge in [-0.15, -0.1) is 0 Å². The van der Waals surface area contributed by atoms with Crippen molar-refractivity contribution < 1.29 is 14.7 Å². The van der Waals surface area contributed by atoms with Crippen LogP contribution in [0.2, 0.25) is 0 Å². The third kappa shape index (κ3) is 3.42. The van der Waals surface area contributed by atoms with Crippen molar-refractivity contribution in [3.05, 3.63) is 71.8 Å². The summed E-state index contributed by atoms with van der Waals surface area (Å²) in [6.07, 6.45) is 0.544. The highest BCUT2D eigenvalue weighted by Gasteiger charge is 2.41. The van der Waals surface area contributed by atoms with Crippen molar-refractivity contribution in [1.29, 1.82) is 0 Å². The van der Waals surface area contributed by atoms with Gasteiger partial charge in [0.1, 0.15) is 6.29 Å². The monoisotopic (exact) mass is 311 g/mol. The van der Waals surface area contributed by atoms with Gasteiger partial charge in [-0.1, -0.05) is 74.0 Å². The van der Waals surface area contributed by atoms with Crippen LogP contribution in [0.4, 0.5) is 4.79 Å². The number of carbonyl (C=O) groups excluding carboxylic acids is 1. The molecule has 4 heteroatoms. The maximum atomic E-state index is 12.3. The topological polar surface area (TPSA) is 66.4 Å². The smallest absolute Gasteiger partial charge is 0.404 e. The Morgan fingerprint density at radius 3 is 1.91 bits per heavy atom. The molecule has 23 heavy (non-hydrogen) atoms. The van der Waals surface area contributed by atoms with Crippen molar-refractivity contribution in [2.45, 2.75) is 18.8 Å². The Kier molecular flexibility index (Phi) is 5.52. The molecule has 2 N–H and O–H groups in total. The van der Waals surface area contributed by atoms with Crippen molar-refractivity contribution in [2.75, 3.05) is 6.54 Å². The van der Waals surface area contributed by atoms with Gasteiger partial charge in [0.15, 0.2) is 0 Å². The Morgan fingerprint density at radius 1 is 1.09 bits per heavy atom. The molecule has 0 spiro atoms. The Bertz CT molecular complexity index is 601. The minimum atomic E-state index is -1.08. The van der Waals surface area contributed by atoms with E-state index < -0.39 is 11.5 Å². The molecule has 2 rings (SSSR count). The number of aldehydes is 1. The van der Waals surface area contributed by atoms with Gasteiger partial charge >= 0.3 is 6.09 Å². The summed E-state index contributed by atoms with van der Waals surface area (Å²) in [4.78, 5) is 23.2. The third-order valence-corrected chi connectivity index (χ3v) is 4.33. The first-order valence-electron chi connectivity index (χ1n) is 7.69. The first-order chi connectivity index (χ1) is 11.1. The lowest BCUT2D eigenvalue weighted by molar-refractivity contribution is -0.113. The van der Waals surface area contributed by atoms with E-state index in [-0.39, 0.29) is 12.5 Å². The van der Waals surface area contributed by atoms with Crippen LogP contribution in [0.1, 0.15) is 24.5 Å². The fourth-order valence-electron chi connectivity index (χ4n) is 3.14. The second-order valence-electron chi connectivity index (χ2n) is 5.51. The van der Waals surface area contributed by atoms with Gasteiger partial charge in [-0.3, -0.25) is 0 Å². The van der Waals surface area contributed by atoms with E-state index in [0.717, 1.165) is 17.4 Å². The summed E-state index contributed by atoms with van der Waals surface area (Å²) in [5, 5.41) is 11.4. The van der Waals surface area contributed by atoms with Crippen LogP contribution < -0.4 is 5.32 Å². The minimum Gasteiger partial charge on any atom is -0.465 e. The minimum absolute atomic E-state index is 0.180. The fourth-order valence-corrected chi connectivity index (χ4v) is 3.14. The van der Waals surface area contributed by atoms with Crippen LogP contribution in [0, 0.1) is 5.92 Å². The number of rotatable bonds is 7. The van der Waals surface area contributed by atoms with E-state index in [0.29, 0.717) is 6.42 Å². The molecule has 4 nitrogen and oxygen atoms in total. The average Bonchev–Trinajstić information content (AvgIpc) is 2.60. The van der Waals surface area contributed by atoms with E-state index in [1.807, 2.05) is 67.6 Å². The van der Waals surface area contributed by atoms with E-state index >= 15 is 0 Å². The Morgan fingerprint density at radius 2 is 1.57 bits per heavy atom. The number of benzene rings is 2. The molecule has 1 amide bonds. The van der Waals surface area contributed by atoms with Crippen molar-refractivity contribution >= 4 is 12.4 Å². The molecule has 0 saturated heterocycles. The van der Waals surface area contributed by atoms with Crippen molar-refractivity contribution in [3.8, 4) is 0 Å². The van der Waals surface area contributed by atoms with Gasteiger partial charge in [0.25, 0.3) is 0 Å². The zero-order valence-corrected chi connectivity index (χ0v) is 13.1. The third-order valence-electron chi connectivity index (χ3n) is 4.33. The van der Waals surface area contributed by atoms with Gasteiger partial charge in [0.2, 0.25) is 0 Å². The van der Waals surface area contributed by atoms with Crippen molar-refractivity contribution in [1.82, 2.24) is 5.32 Å². The van der Waals surface area contributed by atoms with Crippen molar-refractivity contribution in [3.63, 3.8) is 0 Å². The average molecular weight is 311 g/mol. The van der Waals surface area contributed by atoms with Gasteiger partial charge in [0.05, 0.1) is 5.41 Å². The molecule has 120 valence electrons. The Balaban J connectivity index is 2.58. The number of amides is 1. The lowest BCUT2D eigenvalue weighted by atomic mass is 9.65. The van der Waals surface area contributed by atoms with E-state index in [9.17, 15) is 9.59 Å². The maximum absolute atomic E-state index is 12.3. The van der Waals surface area contributed by atoms with Crippen LogP contribution in [0.5, 0.6) is 0 Å². The first kappa shape index (κ1) is 16.7. The number of hydrogen-bond acceptors (Lipinski definition) is 2. The molecular formula is C19H21NO3. The molecule has 0 fully saturated rings. The van der Waals surface area contributed by atoms with Crippen molar-refractivity contribution in [2.24, 2.45) is 5.92 Å². The van der Waals surface area contributed by atoms with Gasteiger partial charge in [0, 0.05) is 6.54 Å². The number of hydrogen-bond donors (Lipinski definition) is 2. The van der Waals surface area contributed by atoms with Gasteiger partial charge in [-0.2, -0.15) is 0 Å². The summed E-state index contributed by atoms with van der Waals surface area (Å²) in [5.74, 6) is -0.180. The van der Waals surface area contributed by atoms with Crippen LogP contribution >= 0.6 is 0 Å². The molecule has 2 aromatic rings. The first-order valence-corrected chi connectivity index (χ1v) is 7.69. The van der Waals surface area contributed by atoms with Crippen LogP contribution in [0.15, 0.2) is 60.7 Å². The fraction of sp³-hybridized carbons (Fsp3) is 0.263. The van der Waals surface area contributed by atoms with E-state index in [1.165, 1.54) is 0 Å². The predicted octanol–water partition coefficient (Wildman–Crippen LogP) is 3.47. The molecule has 0 heterocycles.